The second-order valence-electron chi connectivity index (χ2n) is 12.3. The first kappa shape index (κ1) is 30.4. The highest BCUT2D eigenvalue weighted by Crippen LogP contribution is 2.40. The normalized spacial score (nSPS) is 16.9. The van der Waals surface area contributed by atoms with Gasteiger partial charge in [-0.2, -0.15) is 10.2 Å². The largest absolute Gasteiger partial charge is 0.383 e. The fourth-order valence-electron chi connectivity index (χ4n) is 6.74. The molecule has 3 aromatic heterocycles. The summed E-state index contributed by atoms with van der Waals surface area (Å²) in [5, 5.41) is 13.6. The number of nitrogens with one attached hydrogen (secondary N) is 1. The number of rotatable bonds is 9. The maximum atomic E-state index is 13.0. The Morgan fingerprint density at radius 2 is 1.74 bits per heavy atom. The number of hydrogen-bond acceptors (Lipinski definition) is 7. The molecule has 11 heteroatoms. The van der Waals surface area contributed by atoms with Gasteiger partial charge in [-0.05, 0) is 69.1 Å². The Labute approximate surface area is 273 Å². The Morgan fingerprint density at radius 3 is 2.51 bits per heavy atom. The third-order valence-corrected chi connectivity index (χ3v) is 9.22. The number of amides is 2. The van der Waals surface area contributed by atoms with E-state index < -0.39 is 0 Å². The first-order valence-corrected chi connectivity index (χ1v) is 16.3. The molecular weight excluding hydrogens is 590 g/mol. The fourth-order valence-corrected chi connectivity index (χ4v) is 6.74. The quantitative estimate of drug-likeness (QED) is 0.214. The molecule has 5 heterocycles. The van der Waals surface area contributed by atoms with Crippen LogP contribution in [0.2, 0.25) is 0 Å². The summed E-state index contributed by atoms with van der Waals surface area (Å²) in [7, 11) is 0. The minimum absolute atomic E-state index is 0.0782. The van der Waals surface area contributed by atoms with E-state index in [-0.39, 0.29) is 17.9 Å². The summed E-state index contributed by atoms with van der Waals surface area (Å²) in [6, 6.07) is 16.7. The van der Waals surface area contributed by atoms with Gasteiger partial charge in [0.05, 0.1) is 29.7 Å². The molecule has 5 aromatic rings. The summed E-state index contributed by atoms with van der Waals surface area (Å²) in [4.78, 5) is 34.5. The maximum Gasteiger partial charge on any atom is 0.255 e. The molecule has 2 amide bonds. The van der Waals surface area contributed by atoms with Gasteiger partial charge in [-0.1, -0.05) is 36.9 Å². The monoisotopic (exact) mass is 629 g/mol. The summed E-state index contributed by atoms with van der Waals surface area (Å²) in [5.41, 5.74) is 12.0. The van der Waals surface area contributed by atoms with E-state index in [1.165, 1.54) is 18.9 Å². The van der Waals surface area contributed by atoms with Crippen LogP contribution in [0.25, 0.3) is 33.3 Å². The minimum atomic E-state index is -0.197. The number of pyridine rings is 1. The molecule has 0 spiro atoms. The number of nitrogens with two attached hydrogens (primary N) is 1. The Balaban J connectivity index is 1.27. The SMILES string of the molecule is C=CC(=O)N1CCCC(n2nc(-c3ccc(C(=O)Nc4ccccc4)cc3)c3c(N)ncc(-c4cnn(CCN5CCCC5)c4)c32)C1. The zero-order valence-corrected chi connectivity index (χ0v) is 26.4. The first-order valence-electron chi connectivity index (χ1n) is 16.3. The number of anilines is 2. The van der Waals surface area contributed by atoms with Gasteiger partial charge in [0.15, 0.2) is 0 Å². The highest BCUT2D eigenvalue weighted by Gasteiger charge is 2.29. The molecule has 2 aromatic carbocycles. The van der Waals surface area contributed by atoms with E-state index in [2.05, 4.69) is 28.0 Å². The van der Waals surface area contributed by atoms with E-state index in [0.29, 0.717) is 30.2 Å². The Bertz CT molecular complexity index is 1910. The van der Waals surface area contributed by atoms with Crippen LogP contribution in [0.15, 0.2) is 85.8 Å². The van der Waals surface area contributed by atoms with Crippen LogP contribution in [0.4, 0.5) is 11.5 Å². The van der Waals surface area contributed by atoms with E-state index in [4.69, 9.17) is 15.9 Å². The number of para-hydroxylation sites is 1. The third-order valence-electron chi connectivity index (χ3n) is 9.22. The van der Waals surface area contributed by atoms with Crippen molar-refractivity contribution < 1.29 is 9.59 Å². The van der Waals surface area contributed by atoms with E-state index in [9.17, 15) is 9.59 Å². The van der Waals surface area contributed by atoms with Gasteiger partial charge in [-0.15, -0.1) is 0 Å². The summed E-state index contributed by atoms with van der Waals surface area (Å²) < 4.78 is 4.01. The zero-order chi connectivity index (χ0) is 32.3. The predicted octanol–water partition coefficient (Wildman–Crippen LogP) is 5.24. The number of benzene rings is 2. The molecule has 2 saturated heterocycles. The summed E-state index contributed by atoms with van der Waals surface area (Å²) in [5.74, 6) is 0.0844. The number of hydrogen-bond donors (Lipinski definition) is 2. The van der Waals surface area contributed by atoms with Gasteiger partial charge in [0.25, 0.3) is 5.91 Å². The van der Waals surface area contributed by atoms with Gasteiger partial charge < -0.3 is 20.9 Å². The highest BCUT2D eigenvalue weighted by molar-refractivity contribution is 6.08. The average molecular weight is 630 g/mol. The lowest BCUT2D eigenvalue weighted by molar-refractivity contribution is -0.127. The van der Waals surface area contributed by atoms with E-state index in [0.717, 1.165) is 72.3 Å². The molecule has 1 atom stereocenters. The maximum absolute atomic E-state index is 13.0. The van der Waals surface area contributed by atoms with Crippen molar-refractivity contribution in [2.24, 2.45) is 0 Å². The number of carbonyl (C=O) groups excluding carboxylic acids is 2. The summed E-state index contributed by atoms with van der Waals surface area (Å²) >= 11 is 0. The van der Waals surface area contributed by atoms with Crippen LogP contribution in [0.5, 0.6) is 0 Å². The molecular formula is C36H39N9O2. The van der Waals surface area contributed by atoms with Crippen molar-refractivity contribution in [3.05, 3.63) is 91.4 Å². The van der Waals surface area contributed by atoms with Crippen LogP contribution < -0.4 is 11.1 Å². The number of piperidine rings is 1. The summed E-state index contributed by atoms with van der Waals surface area (Å²) in [6.07, 6.45) is 11.3. The van der Waals surface area contributed by atoms with Gasteiger partial charge in [0.1, 0.15) is 11.5 Å². The van der Waals surface area contributed by atoms with Crippen molar-refractivity contribution in [3.8, 4) is 22.4 Å². The van der Waals surface area contributed by atoms with Crippen LogP contribution >= 0.6 is 0 Å². The molecule has 7 rings (SSSR count). The van der Waals surface area contributed by atoms with Crippen LogP contribution in [-0.4, -0.2) is 78.9 Å². The smallest absolute Gasteiger partial charge is 0.255 e. The molecule has 2 aliphatic rings. The third kappa shape index (κ3) is 6.26. The average Bonchev–Trinajstić information content (AvgIpc) is 3.89. The molecule has 3 N–H and O–H groups in total. The number of fused-ring (bicyclic) bond motifs is 1. The second-order valence-corrected chi connectivity index (χ2v) is 12.3. The number of nitrogen functional groups attached to an aromatic ring is 1. The molecule has 0 saturated carbocycles. The van der Waals surface area contributed by atoms with Gasteiger partial charge >= 0.3 is 0 Å². The van der Waals surface area contributed by atoms with Crippen molar-refractivity contribution >= 4 is 34.2 Å². The standard InChI is InChI=1S/C36H39N9O2/c1-2-31(46)43-18-8-11-29(24-43)45-34-30(27-21-39-44(23-27)20-19-42-16-6-7-17-42)22-38-35(37)32(34)33(41-45)25-12-14-26(15-13-25)36(47)40-28-9-4-3-5-10-28/h2-5,9-10,12-15,21-23,29H,1,6-8,11,16-20,24H2,(H2,37,38)(H,40,47). The second kappa shape index (κ2) is 13.2. The lowest BCUT2D eigenvalue weighted by Gasteiger charge is -2.32. The van der Waals surface area contributed by atoms with Gasteiger partial charge in [-0.25, -0.2) is 4.98 Å². The number of nitrogens with zero attached hydrogens (tertiary/aromatic N) is 7. The van der Waals surface area contributed by atoms with E-state index in [1.807, 2.05) is 62.9 Å². The molecule has 240 valence electrons. The molecule has 0 bridgehead atoms. The van der Waals surface area contributed by atoms with Crippen LogP contribution in [-0.2, 0) is 11.3 Å². The molecule has 2 aliphatic heterocycles. The number of carbonyl (C=O) groups is 2. The molecule has 47 heavy (non-hydrogen) atoms. The van der Waals surface area contributed by atoms with Gasteiger partial charge in [0.2, 0.25) is 5.91 Å². The van der Waals surface area contributed by atoms with Gasteiger partial charge in [-0.3, -0.25) is 19.0 Å². The van der Waals surface area contributed by atoms with Crippen molar-refractivity contribution in [1.82, 2.24) is 34.3 Å². The van der Waals surface area contributed by atoms with Crippen LogP contribution in [0.3, 0.4) is 0 Å². The van der Waals surface area contributed by atoms with E-state index >= 15 is 0 Å². The van der Waals surface area contributed by atoms with Crippen molar-refractivity contribution in [2.75, 3.05) is 43.8 Å². The Hall–Kier alpha value is -5.29. The molecule has 1 unspecified atom stereocenters. The molecule has 2 fully saturated rings. The first-order chi connectivity index (χ1) is 23.0. The topological polar surface area (TPSA) is 127 Å². The predicted molar refractivity (Wildman–Crippen MR) is 184 cm³/mol. The molecule has 0 aliphatic carbocycles. The van der Waals surface area contributed by atoms with E-state index in [1.54, 1.807) is 18.3 Å². The van der Waals surface area contributed by atoms with Crippen molar-refractivity contribution in [1.29, 1.82) is 0 Å². The molecule has 11 nitrogen and oxygen atoms in total. The molecule has 0 radical (unpaired) electrons. The van der Waals surface area contributed by atoms with Crippen LogP contribution in [0, 0.1) is 0 Å². The summed E-state index contributed by atoms with van der Waals surface area (Å²) in [6.45, 7) is 8.95. The van der Waals surface area contributed by atoms with Gasteiger partial charge in [0, 0.05) is 60.0 Å². The number of likely N-dealkylation sites (tertiary alicyclic amines) is 2. The minimum Gasteiger partial charge on any atom is -0.383 e. The zero-order valence-electron chi connectivity index (χ0n) is 26.4. The Kier molecular flexibility index (Phi) is 8.54. The lowest BCUT2D eigenvalue weighted by Crippen LogP contribution is -2.40. The lowest BCUT2D eigenvalue weighted by atomic mass is 10.0. The van der Waals surface area contributed by atoms with Crippen LogP contribution in [0.1, 0.15) is 42.1 Å². The number of aromatic nitrogens is 5. The van der Waals surface area contributed by atoms with Crippen molar-refractivity contribution in [2.45, 2.75) is 38.3 Å². The highest BCUT2D eigenvalue weighted by atomic mass is 16.2. The van der Waals surface area contributed by atoms with Crippen molar-refractivity contribution in [3.63, 3.8) is 0 Å². The fraction of sp³-hybridized carbons (Fsp3) is 0.306. The Morgan fingerprint density at radius 1 is 0.957 bits per heavy atom.